The van der Waals surface area contributed by atoms with Crippen LogP contribution in [0.1, 0.15) is 0 Å². The minimum atomic E-state index is 0.624. The van der Waals surface area contributed by atoms with Crippen molar-refractivity contribution in [1.82, 2.24) is 9.97 Å². The van der Waals surface area contributed by atoms with E-state index >= 15 is 0 Å². The molecule has 0 atom stereocenters. The van der Waals surface area contributed by atoms with E-state index in [1.807, 2.05) is 48.5 Å². The van der Waals surface area contributed by atoms with Gasteiger partial charge in [0, 0.05) is 17.6 Å². The van der Waals surface area contributed by atoms with Gasteiger partial charge in [0.15, 0.2) is 0 Å². The Kier molecular flexibility index (Phi) is 4.62. The molecule has 128 valence electrons. The fraction of sp³-hybridized carbons (Fsp3) is 0.0476. The molecule has 2 aromatic carbocycles. The van der Waals surface area contributed by atoms with E-state index < -0.39 is 0 Å². The lowest BCUT2D eigenvalue weighted by molar-refractivity contribution is 0.402. The average molecular weight is 359 g/mol. The van der Waals surface area contributed by atoms with Crippen LogP contribution in [0.2, 0.25) is 0 Å². The molecule has 4 aromatic rings. The second kappa shape index (κ2) is 7.37. The van der Waals surface area contributed by atoms with Gasteiger partial charge in [0.2, 0.25) is 5.88 Å². The summed E-state index contributed by atoms with van der Waals surface area (Å²) in [5, 5.41) is 4.24. The first-order chi connectivity index (χ1) is 12.8. The molecule has 4 rings (SSSR count). The van der Waals surface area contributed by atoms with Crippen LogP contribution in [-0.4, -0.2) is 17.1 Å². The molecular formula is C21H17N3OS. The van der Waals surface area contributed by atoms with Gasteiger partial charge in [0.1, 0.15) is 5.01 Å². The molecule has 0 unspecified atom stereocenters. The quantitative estimate of drug-likeness (QED) is 0.502. The van der Waals surface area contributed by atoms with E-state index in [4.69, 9.17) is 4.74 Å². The zero-order valence-corrected chi connectivity index (χ0v) is 15.0. The van der Waals surface area contributed by atoms with Crippen LogP contribution < -0.4 is 10.1 Å². The van der Waals surface area contributed by atoms with Crippen LogP contribution in [0.5, 0.6) is 5.88 Å². The number of aromatic nitrogens is 2. The van der Waals surface area contributed by atoms with Gasteiger partial charge in [0.05, 0.1) is 17.7 Å². The maximum atomic E-state index is 5.48. The van der Waals surface area contributed by atoms with E-state index in [1.54, 1.807) is 24.6 Å². The number of hydrogen-bond donors (Lipinski definition) is 1. The minimum Gasteiger partial charge on any atom is -0.480 e. The van der Waals surface area contributed by atoms with Gasteiger partial charge < -0.3 is 10.1 Å². The SMILES string of the molecule is COc1nc(-c2ccccn2)sc1-c1ccc(Nc2ccccc2)cc1. The van der Waals surface area contributed by atoms with Crippen LogP contribution in [0.4, 0.5) is 11.4 Å². The Hall–Kier alpha value is -3.18. The fourth-order valence-electron chi connectivity index (χ4n) is 2.62. The zero-order chi connectivity index (χ0) is 17.8. The highest BCUT2D eigenvalue weighted by Gasteiger charge is 2.15. The van der Waals surface area contributed by atoms with Gasteiger partial charge in [-0.3, -0.25) is 4.98 Å². The molecule has 0 aliphatic heterocycles. The second-order valence-electron chi connectivity index (χ2n) is 5.64. The lowest BCUT2D eigenvalue weighted by Crippen LogP contribution is -1.89. The summed E-state index contributed by atoms with van der Waals surface area (Å²) in [4.78, 5) is 9.96. The van der Waals surface area contributed by atoms with E-state index in [2.05, 4.69) is 39.6 Å². The maximum absolute atomic E-state index is 5.48. The summed E-state index contributed by atoms with van der Waals surface area (Å²) in [6.45, 7) is 0. The largest absolute Gasteiger partial charge is 0.480 e. The first-order valence-corrected chi connectivity index (χ1v) is 9.04. The number of para-hydroxylation sites is 1. The van der Waals surface area contributed by atoms with Gasteiger partial charge in [-0.15, -0.1) is 11.3 Å². The molecule has 4 nitrogen and oxygen atoms in total. The molecule has 0 saturated heterocycles. The van der Waals surface area contributed by atoms with Crippen LogP contribution in [0, 0.1) is 0 Å². The lowest BCUT2D eigenvalue weighted by atomic mass is 10.1. The summed E-state index contributed by atoms with van der Waals surface area (Å²) in [6.07, 6.45) is 1.77. The highest BCUT2D eigenvalue weighted by molar-refractivity contribution is 7.18. The first kappa shape index (κ1) is 16.3. The van der Waals surface area contributed by atoms with Crippen LogP contribution in [0.3, 0.4) is 0 Å². The molecular weight excluding hydrogens is 342 g/mol. The summed E-state index contributed by atoms with van der Waals surface area (Å²) in [5.41, 5.74) is 4.02. The summed E-state index contributed by atoms with van der Waals surface area (Å²) >= 11 is 1.58. The van der Waals surface area contributed by atoms with E-state index in [9.17, 15) is 0 Å². The van der Waals surface area contributed by atoms with Gasteiger partial charge in [-0.25, -0.2) is 0 Å². The Balaban J connectivity index is 1.62. The molecule has 0 saturated carbocycles. The van der Waals surface area contributed by atoms with Crippen molar-refractivity contribution in [2.45, 2.75) is 0 Å². The van der Waals surface area contributed by atoms with Gasteiger partial charge in [0.25, 0.3) is 0 Å². The van der Waals surface area contributed by atoms with Gasteiger partial charge in [-0.2, -0.15) is 4.98 Å². The van der Waals surface area contributed by atoms with Crippen molar-refractivity contribution < 1.29 is 4.74 Å². The smallest absolute Gasteiger partial charge is 0.232 e. The molecule has 0 spiro atoms. The molecule has 26 heavy (non-hydrogen) atoms. The molecule has 1 N–H and O–H groups in total. The van der Waals surface area contributed by atoms with Crippen LogP contribution in [0.25, 0.3) is 21.1 Å². The number of thiazole rings is 1. The van der Waals surface area contributed by atoms with E-state index in [0.717, 1.165) is 32.5 Å². The highest BCUT2D eigenvalue weighted by atomic mass is 32.1. The third-order valence-corrected chi connectivity index (χ3v) is 4.99. The summed E-state index contributed by atoms with van der Waals surface area (Å²) < 4.78 is 5.48. The lowest BCUT2D eigenvalue weighted by Gasteiger charge is -2.07. The summed E-state index contributed by atoms with van der Waals surface area (Å²) in [6, 6.07) is 24.2. The number of anilines is 2. The number of methoxy groups -OCH3 is 1. The van der Waals surface area contributed by atoms with E-state index in [1.165, 1.54) is 0 Å². The van der Waals surface area contributed by atoms with Crippen molar-refractivity contribution in [1.29, 1.82) is 0 Å². The standard InChI is InChI=1S/C21H17N3OS/c1-25-20-19(26-21(24-20)18-9-5-6-14-22-18)15-10-12-17(13-11-15)23-16-7-3-2-4-8-16/h2-14,23H,1H3. The average Bonchev–Trinajstić information content (AvgIpc) is 3.15. The van der Waals surface area contributed by atoms with Crippen molar-refractivity contribution in [3.8, 4) is 27.0 Å². The van der Waals surface area contributed by atoms with Crippen molar-refractivity contribution >= 4 is 22.7 Å². The zero-order valence-electron chi connectivity index (χ0n) is 14.2. The van der Waals surface area contributed by atoms with Gasteiger partial charge >= 0.3 is 0 Å². The predicted molar refractivity (Wildman–Crippen MR) is 107 cm³/mol. The predicted octanol–water partition coefficient (Wildman–Crippen LogP) is 5.62. The number of benzene rings is 2. The van der Waals surface area contributed by atoms with Crippen molar-refractivity contribution in [2.24, 2.45) is 0 Å². The van der Waals surface area contributed by atoms with Gasteiger partial charge in [-0.05, 0) is 42.0 Å². The summed E-state index contributed by atoms with van der Waals surface area (Å²) in [7, 11) is 1.64. The minimum absolute atomic E-state index is 0.624. The normalized spacial score (nSPS) is 10.5. The molecule has 2 aromatic heterocycles. The Morgan fingerprint density at radius 1 is 0.846 bits per heavy atom. The Labute approximate surface area is 156 Å². The Morgan fingerprint density at radius 2 is 1.58 bits per heavy atom. The molecule has 0 fully saturated rings. The molecule has 0 bridgehead atoms. The second-order valence-corrected chi connectivity index (χ2v) is 6.64. The highest BCUT2D eigenvalue weighted by Crippen LogP contribution is 2.39. The third kappa shape index (κ3) is 3.43. The Morgan fingerprint density at radius 3 is 2.27 bits per heavy atom. The fourth-order valence-corrected chi connectivity index (χ4v) is 3.64. The van der Waals surface area contributed by atoms with E-state index in [0.29, 0.717) is 5.88 Å². The monoisotopic (exact) mass is 359 g/mol. The topological polar surface area (TPSA) is 47.0 Å². The molecule has 0 aliphatic rings. The molecule has 0 radical (unpaired) electrons. The van der Waals surface area contributed by atoms with Crippen molar-refractivity contribution in [3.63, 3.8) is 0 Å². The molecule has 0 aliphatic carbocycles. The number of nitrogens with one attached hydrogen (secondary N) is 1. The number of nitrogens with zero attached hydrogens (tertiary/aromatic N) is 2. The van der Waals surface area contributed by atoms with Crippen molar-refractivity contribution in [2.75, 3.05) is 12.4 Å². The summed E-state index contributed by atoms with van der Waals surface area (Å²) in [5.74, 6) is 0.624. The van der Waals surface area contributed by atoms with Crippen molar-refractivity contribution in [3.05, 3.63) is 79.0 Å². The first-order valence-electron chi connectivity index (χ1n) is 8.22. The van der Waals surface area contributed by atoms with Crippen LogP contribution >= 0.6 is 11.3 Å². The van der Waals surface area contributed by atoms with Crippen LogP contribution in [0.15, 0.2) is 79.0 Å². The number of ether oxygens (including phenoxy) is 1. The molecule has 0 amide bonds. The number of pyridine rings is 1. The molecule has 2 heterocycles. The Bertz CT molecular complexity index is 983. The maximum Gasteiger partial charge on any atom is 0.232 e. The van der Waals surface area contributed by atoms with E-state index in [-0.39, 0.29) is 0 Å². The number of hydrogen-bond acceptors (Lipinski definition) is 5. The molecule has 5 heteroatoms. The number of rotatable bonds is 5. The van der Waals surface area contributed by atoms with Crippen LogP contribution in [-0.2, 0) is 0 Å². The third-order valence-electron chi connectivity index (χ3n) is 3.88. The van der Waals surface area contributed by atoms with Gasteiger partial charge in [-0.1, -0.05) is 36.4 Å².